The smallest absolute Gasteiger partial charge is 0.240 e. The molecule has 0 heterocycles. The lowest BCUT2D eigenvalue weighted by Gasteiger charge is -2.21. The van der Waals surface area contributed by atoms with Crippen LogP contribution in [0.25, 0.3) is 0 Å². The molecule has 0 aromatic heterocycles. The quantitative estimate of drug-likeness (QED) is 0.791. The van der Waals surface area contributed by atoms with E-state index in [4.69, 9.17) is 17.3 Å². The van der Waals surface area contributed by atoms with E-state index in [0.717, 1.165) is 6.07 Å². The fourth-order valence-electron chi connectivity index (χ4n) is 1.62. The Labute approximate surface area is 130 Å². The van der Waals surface area contributed by atoms with Gasteiger partial charge in [0.2, 0.25) is 10.0 Å². The number of nitrogens with zero attached hydrogens (tertiary/aromatic N) is 1. The van der Waals surface area contributed by atoms with Gasteiger partial charge in [0.15, 0.2) is 0 Å². The molecule has 0 amide bonds. The number of nitrogens with one attached hydrogen (secondary N) is 1. The Hall–Kier alpha value is -0.730. The standard InChI is InChI=1S/C13H21ClFN3O2S/c1-9(2)18(3)5-4-17-21(19,20)11-6-10(8-16)13(14)12(15)7-11/h6-7,9,17H,4-5,8,16H2,1-3H3. The first-order valence-corrected chi connectivity index (χ1v) is 8.43. The molecular weight excluding hydrogens is 317 g/mol. The number of sulfonamides is 1. The van der Waals surface area contributed by atoms with Gasteiger partial charge in [-0.15, -0.1) is 0 Å². The fraction of sp³-hybridized carbons (Fsp3) is 0.538. The number of rotatable bonds is 7. The van der Waals surface area contributed by atoms with Crippen molar-refractivity contribution in [2.75, 3.05) is 20.1 Å². The summed E-state index contributed by atoms with van der Waals surface area (Å²) >= 11 is 5.72. The Kier molecular flexibility index (Phi) is 6.55. The summed E-state index contributed by atoms with van der Waals surface area (Å²) in [6, 6.07) is 2.50. The molecule has 0 saturated carbocycles. The molecule has 1 aromatic carbocycles. The van der Waals surface area contributed by atoms with Crippen molar-refractivity contribution in [3.05, 3.63) is 28.5 Å². The van der Waals surface area contributed by atoms with Gasteiger partial charge in [0.25, 0.3) is 0 Å². The van der Waals surface area contributed by atoms with Crippen LogP contribution in [-0.4, -0.2) is 39.5 Å². The highest BCUT2D eigenvalue weighted by molar-refractivity contribution is 7.89. The first kappa shape index (κ1) is 18.3. The summed E-state index contributed by atoms with van der Waals surface area (Å²) in [5, 5.41) is -0.143. The van der Waals surface area contributed by atoms with Gasteiger partial charge < -0.3 is 10.6 Å². The maximum Gasteiger partial charge on any atom is 0.240 e. The number of hydrogen-bond donors (Lipinski definition) is 2. The van der Waals surface area contributed by atoms with Crippen molar-refractivity contribution in [2.45, 2.75) is 31.3 Å². The molecule has 1 rings (SSSR count). The third-order valence-electron chi connectivity index (χ3n) is 3.25. The molecule has 0 aliphatic heterocycles. The number of benzene rings is 1. The topological polar surface area (TPSA) is 75.4 Å². The second kappa shape index (κ2) is 7.51. The van der Waals surface area contributed by atoms with E-state index in [-0.39, 0.29) is 28.6 Å². The number of likely N-dealkylation sites (N-methyl/N-ethyl adjacent to an activating group) is 1. The van der Waals surface area contributed by atoms with Crippen molar-refractivity contribution >= 4 is 21.6 Å². The normalized spacial score (nSPS) is 12.4. The lowest BCUT2D eigenvalue weighted by atomic mass is 10.2. The lowest BCUT2D eigenvalue weighted by molar-refractivity contribution is 0.278. The maximum atomic E-state index is 13.6. The molecule has 3 N–H and O–H groups in total. The molecule has 0 radical (unpaired) electrons. The van der Waals surface area contributed by atoms with Crippen molar-refractivity contribution in [1.82, 2.24) is 9.62 Å². The van der Waals surface area contributed by atoms with Gasteiger partial charge in [-0.3, -0.25) is 0 Å². The van der Waals surface area contributed by atoms with Gasteiger partial charge in [-0.05, 0) is 38.6 Å². The van der Waals surface area contributed by atoms with Crippen molar-refractivity contribution < 1.29 is 12.8 Å². The number of halogens is 2. The Morgan fingerprint density at radius 1 is 1.43 bits per heavy atom. The van der Waals surface area contributed by atoms with Crippen LogP contribution in [0.3, 0.4) is 0 Å². The van der Waals surface area contributed by atoms with Crippen LogP contribution in [-0.2, 0) is 16.6 Å². The van der Waals surface area contributed by atoms with E-state index < -0.39 is 15.8 Å². The van der Waals surface area contributed by atoms with Crippen LogP contribution in [0.2, 0.25) is 5.02 Å². The third kappa shape index (κ3) is 4.89. The second-order valence-corrected chi connectivity index (χ2v) is 7.20. The summed E-state index contributed by atoms with van der Waals surface area (Å²) in [6.07, 6.45) is 0. The highest BCUT2D eigenvalue weighted by Crippen LogP contribution is 2.24. The molecule has 0 aliphatic rings. The van der Waals surface area contributed by atoms with Gasteiger partial charge in [0.1, 0.15) is 5.82 Å². The zero-order chi connectivity index (χ0) is 16.2. The summed E-state index contributed by atoms with van der Waals surface area (Å²) < 4.78 is 40.3. The molecule has 8 heteroatoms. The van der Waals surface area contributed by atoms with Gasteiger partial charge in [0.05, 0.1) is 9.92 Å². The third-order valence-corrected chi connectivity index (χ3v) is 5.11. The molecule has 0 unspecified atom stereocenters. The predicted molar refractivity (Wildman–Crippen MR) is 82.3 cm³/mol. The molecular formula is C13H21ClFN3O2S. The Bertz CT molecular complexity index is 593. The molecule has 0 atom stereocenters. The average molecular weight is 338 g/mol. The van der Waals surface area contributed by atoms with E-state index in [1.165, 1.54) is 6.07 Å². The Morgan fingerprint density at radius 3 is 2.57 bits per heavy atom. The predicted octanol–water partition coefficient (Wildman–Crippen LogP) is 1.56. The molecule has 0 saturated heterocycles. The summed E-state index contributed by atoms with van der Waals surface area (Å²) in [6.45, 7) is 4.78. The zero-order valence-corrected chi connectivity index (χ0v) is 13.9. The highest BCUT2D eigenvalue weighted by atomic mass is 35.5. The minimum atomic E-state index is -3.78. The average Bonchev–Trinajstić information content (AvgIpc) is 2.41. The van der Waals surface area contributed by atoms with E-state index >= 15 is 0 Å². The molecule has 0 aliphatic carbocycles. The molecule has 0 spiro atoms. The van der Waals surface area contributed by atoms with E-state index in [1.54, 1.807) is 0 Å². The number of hydrogen-bond acceptors (Lipinski definition) is 4. The van der Waals surface area contributed by atoms with Gasteiger partial charge in [0, 0.05) is 25.7 Å². The largest absolute Gasteiger partial charge is 0.326 e. The van der Waals surface area contributed by atoms with E-state index in [2.05, 4.69) is 4.72 Å². The van der Waals surface area contributed by atoms with Crippen LogP contribution < -0.4 is 10.5 Å². The molecule has 0 fully saturated rings. The van der Waals surface area contributed by atoms with Gasteiger partial charge >= 0.3 is 0 Å². The monoisotopic (exact) mass is 337 g/mol. The van der Waals surface area contributed by atoms with Crippen molar-refractivity contribution in [2.24, 2.45) is 5.73 Å². The lowest BCUT2D eigenvalue weighted by Crippen LogP contribution is -2.36. The first-order valence-electron chi connectivity index (χ1n) is 6.57. The molecule has 21 heavy (non-hydrogen) atoms. The summed E-state index contributed by atoms with van der Waals surface area (Å²) in [5.74, 6) is -0.792. The van der Waals surface area contributed by atoms with Crippen LogP contribution in [0.4, 0.5) is 4.39 Å². The highest BCUT2D eigenvalue weighted by Gasteiger charge is 2.18. The molecule has 0 bridgehead atoms. The molecule has 1 aromatic rings. The fourth-order valence-corrected chi connectivity index (χ4v) is 2.89. The van der Waals surface area contributed by atoms with Crippen LogP contribution in [0.5, 0.6) is 0 Å². The zero-order valence-electron chi connectivity index (χ0n) is 12.4. The summed E-state index contributed by atoms with van der Waals surface area (Å²) in [5.41, 5.74) is 5.69. The van der Waals surface area contributed by atoms with Crippen molar-refractivity contribution in [1.29, 1.82) is 0 Å². The minimum absolute atomic E-state index is 0.0325. The van der Waals surface area contributed by atoms with Gasteiger partial charge in [-0.2, -0.15) is 0 Å². The van der Waals surface area contributed by atoms with Crippen LogP contribution in [0.1, 0.15) is 19.4 Å². The Balaban J connectivity index is 2.86. The second-order valence-electron chi connectivity index (χ2n) is 5.05. The van der Waals surface area contributed by atoms with E-state index in [9.17, 15) is 12.8 Å². The van der Waals surface area contributed by atoms with E-state index in [1.807, 2.05) is 25.8 Å². The molecule has 120 valence electrons. The summed E-state index contributed by atoms with van der Waals surface area (Å²) in [4.78, 5) is 1.83. The molecule has 5 nitrogen and oxygen atoms in total. The first-order chi connectivity index (χ1) is 9.69. The van der Waals surface area contributed by atoms with Crippen LogP contribution >= 0.6 is 11.6 Å². The maximum absolute atomic E-state index is 13.6. The SMILES string of the molecule is CC(C)N(C)CCNS(=O)(=O)c1cc(F)c(Cl)c(CN)c1. The minimum Gasteiger partial charge on any atom is -0.326 e. The van der Waals surface area contributed by atoms with Gasteiger partial charge in [-0.25, -0.2) is 17.5 Å². The van der Waals surface area contributed by atoms with Crippen LogP contribution in [0, 0.1) is 5.82 Å². The van der Waals surface area contributed by atoms with Gasteiger partial charge in [-0.1, -0.05) is 11.6 Å². The Morgan fingerprint density at radius 2 is 2.05 bits per heavy atom. The van der Waals surface area contributed by atoms with Crippen molar-refractivity contribution in [3.8, 4) is 0 Å². The van der Waals surface area contributed by atoms with Crippen LogP contribution in [0.15, 0.2) is 17.0 Å². The van der Waals surface area contributed by atoms with Crippen molar-refractivity contribution in [3.63, 3.8) is 0 Å². The van der Waals surface area contributed by atoms with E-state index in [0.29, 0.717) is 12.6 Å². The summed E-state index contributed by atoms with van der Waals surface area (Å²) in [7, 11) is -1.89. The number of nitrogens with two attached hydrogens (primary N) is 1.